The number of hydrogen-bond donors (Lipinski definition) is 1. The molecule has 0 aliphatic heterocycles. The summed E-state index contributed by atoms with van der Waals surface area (Å²) in [5.41, 5.74) is 8.75. The molecule has 1 aromatic carbocycles. The average Bonchev–Trinajstić information content (AvgIpc) is 2.72. The third-order valence-corrected chi connectivity index (χ3v) is 2.89. The third-order valence-electron chi connectivity index (χ3n) is 2.56. The van der Waals surface area contributed by atoms with Gasteiger partial charge in [-0.15, -0.1) is 0 Å². The van der Waals surface area contributed by atoms with Gasteiger partial charge in [0.05, 0.1) is 11.9 Å². The molecule has 0 amide bonds. The third kappa shape index (κ3) is 1.84. The lowest BCUT2D eigenvalue weighted by Crippen LogP contribution is -2.03. The maximum atomic E-state index is 6.19. The van der Waals surface area contributed by atoms with Crippen molar-refractivity contribution in [3.63, 3.8) is 0 Å². The first kappa shape index (κ1) is 11.2. The van der Waals surface area contributed by atoms with E-state index < -0.39 is 0 Å². The van der Waals surface area contributed by atoms with Crippen LogP contribution in [0.3, 0.4) is 0 Å². The molecule has 0 aliphatic carbocycles. The highest BCUT2D eigenvalue weighted by Crippen LogP contribution is 2.30. The molecule has 0 spiro atoms. The van der Waals surface area contributed by atoms with E-state index in [1.54, 1.807) is 0 Å². The fourth-order valence-corrected chi connectivity index (χ4v) is 2.00. The van der Waals surface area contributed by atoms with Crippen molar-refractivity contribution < 1.29 is 0 Å². The number of rotatable bonds is 3. The van der Waals surface area contributed by atoms with Crippen LogP contribution in [0.25, 0.3) is 11.3 Å². The highest BCUT2D eigenvalue weighted by molar-refractivity contribution is 6.33. The molecule has 2 aromatic rings. The van der Waals surface area contributed by atoms with Gasteiger partial charge in [0.1, 0.15) is 0 Å². The van der Waals surface area contributed by atoms with E-state index in [0.717, 1.165) is 28.4 Å². The summed E-state index contributed by atoms with van der Waals surface area (Å²) in [7, 11) is 0. The topological polar surface area (TPSA) is 43.8 Å². The fraction of sp³-hybridized carbons (Fsp3) is 0.250. The summed E-state index contributed by atoms with van der Waals surface area (Å²) in [6, 6.07) is 7.75. The monoisotopic (exact) mass is 235 g/mol. The summed E-state index contributed by atoms with van der Waals surface area (Å²) in [6.45, 7) is 3.33. The Labute approximate surface area is 99.8 Å². The van der Waals surface area contributed by atoms with E-state index in [-0.39, 0.29) is 0 Å². The van der Waals surface area contributed by atoms with Crippen molar-refractivity contribution in [2.45, 2.75) is 20.0 Å². The van der Waals surface area contributed by atoms with Gasteiger partial charge in [-0.2, -0.15) is 5.10 Å². The van der Waals surface area contributed by atoms with Gasteiger partial charge in [-0.3, -0.25) is 4.68 Å². The minimum absolute atomic E-state index is 0.473. The SMILES string of the molecule is CCn1ncc(CN)c1-c1ccccc1Cl. The number of hydrogen-bond acceptors (Lipinski definition) is 2. The molecule has 84 valence electrons. The smallest absolute Gasteiger partial charge is 0.0742 e. The number of halogens is 1. The van der Waals surface area contributed by atoms with Gasteiger partial charge in [-0.05, 0) is 13.0 Å². The molecule has 0 bridgehead atoms. The van der Waals surface area contributed by atoms with Crippen molar-refractivity contribution in [1.29, 1.82) is 0 Å². The van der Waals surface area contributed by atoms with E-state index in [1.165, 1.54) is 0 Å². The van der Waals surface area contributed by atoms with Crippen LogP contribution in [0.15, 0.2) is 30.5 Å². The van der Waals surface area contributed by atoms with Crippen LogP contribution in [0.4, 0.5) is 0 Å². The van der Waals surface area contributed by atoms with E-state index in [0.29, 0.717) is 6.54 Å². The van der Waals surface area contributed by atoms with E-state index >= 15 is 0 Å². The van der Waals surface area contributed by atoms with Gasteiger partial charge in [0.2, 0.25) is 0 Å². The van der Waals surface area contributed by atoms with Crippen LogP contribution in [0.2, 0.25) is 5.02 Å². The van der Waals surface area contributed by atoms with Gasteiger partial charge < -0.3 is 5.73 Å². The molecule has 0 fully saturated rings. The molecule has 4 heteroatoms. The zero-order chi connectivity index (χ0) is 11.5. The zero-order valence-corrected chi connectivity index (χ0v) is 9.91. The number of aryl methyl sites for hydroxylation is 1. The Morgan fingerprint density at radius 2 is 2.12 bits per heavy atom. The van der Waals surface area contributed by atoms with Crippen molar-refractivity contribution in [1.82, 2.24) is 9.78 Å². The van der Waals surface area contributed by atoms with Crippen LogP contribution in [0.5, 0.6) is 0 Å². The van der Waals surface area contributed by atoms with Gasteiger partial charge in [0.15, 0.2) is 0 Å². The minimum Gasteiger partial charge on any atom is -0.326 e. The molecule has 0 saturated carbocycles. The summed E-state index contributed by atoms with van der Waals surface area (Å²) in [5.74, 6) is 0. The number of aromatic nitrogens is 2. The molecule has 1 heterocycles. The summed E-state index contributed by atoms with van der Waals surface area (Å²) in [5, 5.41) is 5.03. The second-order valence-corrected chi connectivity index (χ2v) is 3.93. The predicted molar refractivity (Wildman–Crippen MR) is 66.2 cm³/mol. The molecule has 3 nitrogen and oxygen atoms in total. The standard InChI is InChI=1S/C12H14ClN3/c1-2-16-12(9(7-14)8-15-16)10-5-3-4-6-11(10)13/h3-6,8H,2,7,14H2,1H3. The Hall–Kier alpha value is -1.32. The highest BCUT2D eigenvalue weighted by Gasteiger charge is 2.13. The number of nitrogens with zero attached hydrogens (tertiary/aromatic N) is 2. The summed E-state index contributed by atoms with van der Waals surface area (Å²) in [6.07, 6.45) is 1.81. The first-order chi connectivity index (χ1) is 7.77. The van der Waals surface area contributed by atoms with Crippen LogP contribution in [-0.2, 0) is 13.1 Å². The van der Waals surface area contributed by atoms with Crippen LogP contribution in [0.1, 0.15) is 12.5 Å². The molecule has 0 saturated heterocycles. The Balaban J connectivity index is 2.62. The van der Waals surface area contributed by atoms with E-state index in [1.807, 2.05) is 42.1 Å². The van der Waals surface area contributed by atoms with Gasteiger partial charge in [-0.1, -0.05) is 29.8 Å². The van der Waals surface area contributed by atoms with Gasteiger partial charge in [0.25, 0.3) is 0 Å². The predicted octanol–water partition coefficient (Wildman–Crippen LogP) is 2.68. The average molecular weight is 236 g/mol. The lowest BCUT2D eigenvalue weighted by molar-refractivity contribution is 0.666. The van der Waals surface area contributed by atoms with Crippen molar-refractivity contribution in [3.05, 3.63) is 41.0 Å². The van der Waals surface area contributed by atoms with Crippen LogP contribution >= 0.6 is 11.6 Å². The van der Waals surface area contributed by atoms with Crippen LogP contribution in [0, 0.1) is 0 Å². The lowest BCUT2D eigenvalue weighted by Gasteiger charge is -2.08. The van der Waals surface area contributed by atoms with Crippen molar-refractivity contribution in [2.75, 3.05) is 0 Å². The van der Waals surface area contributed by atoms with Gasteiger partial charge in [0, 0.05) is 29.2 Å². The molecule has 0 radical (unpaired) electrons. The molecule has 16 heavy (non-hydrogen) atoms. The van der Waals surface area contributed by atoms with Crippen molar-refractivity contribution in [2.24, 2.45) is 5.73 Å². The summed E-state index contributed by atoms with van der Waals surface area (Å²) in [4.78, 5) is 0. The second-order valence-electron chi connectivity index (χ2n) is 3.52. The molecule has 0 atom stereocenters. The normalized spacial score (nSPS) is 10.7. The summed E-state index contributed by atoms with van der Waals surface area (Å²) >= 11 is 6.19. The van der Waals surface area contributed by atoms with Gasteiger partial charge >= 0.3 is 0 Å². The van der Waals surface area contributed by atoms with E-state index in [4.69, 9.17) is 17.3 Å². The molecule has 2 N–H and O–H groups in total. The quantitative estimate of drug-likeness (QED) is 0.889. The number of benzene rings is 1. The van der Waals surface area contributed by atoms with Crippen molar-refractivity contribution >= 4 is 11.6 Å². The maximum absolute atomic E-state index is 6.19. The van der Waals surface area contributed by atoms with E-state index in [9.17, 15) is 0 Å². The molecular formula is C12H14ClN3. The zero-order valence-electron chi connectivity index (χ0n) is 9.15. The minimum atomic E-state index is 0.473. The molecule has 1 aromatic heterocycles. The number of nitrogens with two attached hydrogens (primary N) is 1. The Kier molecular flexibility index (Phi) is 3.27. The Morgan fingerprint density at radius 1 is 1.38 bits per heavy atom. The molecule has 0 aliphatic rings. The van der Waals surface area contributed by atoms with Crippen LogP contribution < -0.4 is 5.73 Å². The molecule has 0 unspecified atom stereocenters. The lowest BCUT2D eigenvalue weighted by atomic mass is 10.1. The fourth-order valence-electron chi connectivity index (χ4n) is 1.78. The highest BCUT2D eigenvalue weighted by atomic mass is 35.5. The Bertz CT molecular complexity index is 469. The summed E-state index contributed by atoms with van der Waals surface area (Å²) < 4.78 is 1.92. The van der Waals surface area contributed by atoms with Crippen LogP contribution in [-0.4, -0.2) is 9.78 Å². The van der Waals surface area contributed by atoms with E-state index in [2.05, 4.69) is 5.10 Å². The first-order valence-electron chi connectivity index (χ1n) is 5.27. The molecule has 2 rings (SSSR count). The first-order valence-corrected chi connectivity index (χ1v) is 5.65. The second kappa shape index (κ2) is 4.68. The van der Waals surface area contributed by atoms with Gasteiger partial charge in [-0.25, -0.2) is 0 Å². The Morgan fingerprint density at radius 3 is 2.75 bits per heavy atom. The maximum Gasteiger partial charge on any atom is 0.0742 e. The largest absolute Gasteiger partial charge is 0.326 e. The molecular weight excluding hydrogens is 222 g/mol. The van der Waals surface area contributed by atoms with Crippen molar-refractivity contribution in [3.8, 4) is 11.3 Å².